The number of benzene rings is 1. The van der Waals surface area contributed by atoms with Crippen LogP contribution in [0, 0.1) is 16.4 Å². The van der Waals surface area contributed by atoms with Crippen LogP contribution < -0.4 is 0 Å². The number of carbonyl (C=O) groups excluding carboxylic acids is 1. The molecular weight excluding hydrogens is 323 g/mol. The minimum absolute atomic E-state index is 0.338. The molecule has 2 heteroatoms. The molecule has 2 rings (SSSR count). The SMILES string of the molecule is Cc1cccc(C(=O)CC2CCCCC2)c1I. The van der Waals surface area contributed by atoms with Gasteiger partial charge in [-0.2, -0.15) is 0 Å². The van der Waals surface area contributed by atoms with E-state index < -0.39 is 0 Å². The predicted octanol–water partition coefficient (Wildman–Crippen LogP) is 4.75. The van der Waals surface area contributed by atoms with Gasteiger partial charge < -0.3 is 0 Å². The average molecular weight is 342 g/mol. The molecule has 0 heterocycles. The summed E-state index contributed by atoms with van der Waals surface area (Å²) in [7, 11) is 0. The number of hydrogen-bond donors (Lipinski definition) is 0. The topological polar surface area (TPSA) is 17.1 Å². The number of hydrogen-bond acceptors (Lipinski definition) is 1. The second-order valence-electron chi connectivity index (χ2n) is 5.07. The van der Waals surface area contributed by atoms with Crippen LogP contribution in [0.4, 0.5) is 0 Å². The van der Waals surface area contributed by atoms with E-state index in [0.29, 0.717) is 11.7 Å². The molecule has 0 atom stereocenters. The molecule has 0 N–H and O–H groups in total. The van der Waals surface area contributed by atoms with Crippen LogP contribution in [0.1, 0.15) is 54.4 Å². The minimum atomic E-state index is 0.338. The zero-order valence-corrected chi connectivity index (χ0v) is 12.5. The average Bonchev–Trinajstić information content (AvgIpc) is 2.34. The Labute approximate surface area is 117 Å². The molecule has 1 aliphatic carbocycles. The zero-order chi connectivity index (χ0) is 12.3. The summed E-state index contributed by atoms with van der Waals surface area (Å²) in [6.45, 7) is 2.07. The van der Waals surface area contributed by atoms with Gasteiger partial charge in [0, 0.05) is 15.6 Å². The van der Waals surface area contributed by atoms with E-state index in [0.717, 1.165) is 15.6 Å². The molecular formula is C15H19IO. The van der Waals surface area contributed by atoms with Crippen molar-refractivity contribution in [3.63, 3.8) is 0 Å². The van der Waals surface area contributed by atoms with Crippen molar-refractivity contribution in [3.8, 4) is 0 Å². The highest BCUT2D eigenvalue weighted by Gasteiger charge is 2.19. The Morgan fingerprint density at radius 3 is 2.71 bits per heavy atom. The van der Waals surface area contributed by atoms with E-state index in [1.807, 2.05) is 12.1 Å². The lowest BCUT2D eigenvalue weighted by molar-refractivity contribution is 0.0949. The van der Waals surface area contributed by atoms with Gasteiger partial charge in [-0.15, -0.1) is 0 Å². The monoisotopic (exact) mass is 342 g/mol. The number of Topliss-reactive ketones (excluding diaryl/α,β-unsaturated/α-hetero) is 1. The van der Waals surface area contributed by atoms with Crippen LogP contribution in [-0.2, 0) is 0 Å². The van der Waals surface area contributed by atoms with E-state index in [1.165, 1.54) is 37.7 Å². The molecule has 0 aromatic heterocycles. The Morgan fingerprint density at radius 1 is 1.29 bits per heavy atom. The highest BCUT2D eigenvalue weighted by molar-refractivity contribution is 14.1. The van der Waals surface area contributed by atoms with Gasteiger partial charge in [-0.05, 0) is 41.0 Å². The van der Waals surface area contributed by atoms with Gasteiger partial charge in [0.05, 0.1) is 0 Å². The van der Waals surface area contributed by atoms with Gasteiger partial charge in [0.2, 0.25) is 0 Å². The van der Waals surface area contributed by atoms with E-state index in [4.69, 9.17) is 0 Å². The third-order valence-electron chi connectivity index (χ3n) is 3.69. The minimum Gasteiger partial charge on any atom is -0.294 e. The maximum absolute atomic E-state index is 12.3. The first kappa shape index (κ1) is 13.1. The van der Waals surface area contributed by atoms with Crippen LogP contribution in [0.2, 0.25) is 0 Å². The van der Waals surface area contributed by atoms with Crippen LogP contribution in [0.5, 0.6) is 0 Å². The van der Waals surface area contributed by atoms with Gasteiger partial charge in [-0.1, -0.05) is 50.3 Å². The van der Waals surface area contributed by atoms with Gasteiger partial charge in [-0.3, -0.25) is 4.79 Å². The van der Waals surface area contributed by atoms with Crippen molar-refractivity contribution in [1.29, 1.82) is 0 Å². The highest BCUT2D eigenvalue weighted by atomic mass is 127. The number of halogens is 1. The number of aryl methyl sites for hydroxylation is 1. The van der Waals surface area contributed by atoms with Crippen molar-refractivity contribution in [3.05, 3.63) is 32.9 Å². The Balaban J connectivity index is 2.06. The molecule has 0 bridgehead atoms. The molecule has 1 nitrogen and oxygen atoms in total. The first-order valence-corrected chi connectivity index (χ1v) is 7.54. The maximum atomic E-state index is 12.3. The molecule has 1 saturated carbocycles. The molecule has 1 aliphatic rings. The molecule has 17 heavy (non-hydrogen) atoms. The molecule has 1 fully saturated rings. The maximum Gasteiger partial charge on any atom is 0.164 e. The summed E-state index contributed by atoms with van der Waals surface area (Å²) in [5.41, 5.74) is 2.14. The van der Waals surface area contributed by atoms with E-state index in [-0.39, 0.29) is 0 Å². The van der Waals surface area contributed by atoms with Crippen LogP contribution in [0.25, 0.3) is 0 Å². The van der Waals surface area contributed by atoms with E-state index in [1.54, 1.807) is 0 Å². The third-order valence-corrected chi connectivity index (χ3v) is 5.12. The highest BCUT2D eigenvalue weighted by Crippen LogP contribution is 2.28. The lowest BCUT2D eigenvalue weighted by Gasteiger charge is -2.21. The second-order valence-corrected chi connectivity index (χ2v) is 6.15. The fraction of sp³-hybridized carbons (Fsp3) is 0.533. The molecule has 0 radical (unpaired) electrons. The standard InChI is InChI=1S/C15H19IO/c1-11-6-5-9-13(15(11)16)14(17)10-12-7-3-2-4-8-12/h5-6,9,12H,2-4,7-8,10H2,1H3. The molecule has 0 saturated heterocycles. The van der Waals surface area contributed by atoms with Gasteiger partial charge in [0.1, 0.15) is 0 Å². The fourth-order valence-corrected chi connectivity index (χ4v) is 3.29. The van der Waals surface area contributed by atoms with Crippen LogP contribution in [-0.4, -0.2) is 5.78 Å². The van der Waals surface area contributed by atoms with Gasteiger partial charge >= 0.3 is 0 Å². The molecule has 0 spiro atoms. The quantitative estimate of drug-likeness (QED) is 0.572. The Bertz CT molecular complexity index is 405. The number of rotatable bonds is 3. The lowest BCUT2D eigenvalue weighted by atomic mass is 9.84. The molecule has 92 valence electrons. The van der Waals surface area contributed by atoms with Crippen molar-refractivity contribution in [2.24, 2.45) is 5.92 Å². The summed E-state index contributed by atoms with van der Waals surface area (Å²) >= 11 is 2.29. The normalized spacial score (nSPS) is 17.1. The summed E-state index contributed by atoms with van der Waals surface area (Å²) in [5, 5.41) is 0. The molecule has 0 amide bonds. The third kappa shape index (κ3) is 3.30. The molecule has 1 aromatic rings. The summed E-state index contributed by atoms with van der Waals surface area (Å²) in [5.74, 6) is 0.970. The number of carbonyl (C=O) groups is 1. The fourth-order valence-electron chi connectivity index (χ4n) is 2.63. The number of ketones is 1. The van der Waals surface area contributed by atoms with Crippen molar-refractivity contribution >= 4 is 28.4 Å². The van der Waals surface area contributed by atoms with Crippen LogP contribution in [0.3, 0.4) is 0 Å². The summed E-state index contributed by atoms with van der Waals surface area (Å²) in [6, 6.07) is 6.03. The van der Waals surface area contributed by atoms with Crippen molar-refractivity contribution in [2.45, 2.75) is 45.4 Å². The second kappa shape index (κ2) is 5.98. The van der Waals surface area contributed by atoms with Crippen molar-refractivity contribution in [2.75, 3.05) is 0 Å². The first-order chi connectivity index (χ1) is 8.18. The van der Waals surface area contributed by atoms with E-state index >= 15 is 0 Å². The molecule has 0 unspecified atom stereocenters. The Kier molecular flexibility index (Phi) is 4.60. The lowest BCUT2D eigenvalue weighted by Crippen LogP contribution is -2.13. The van der Waals surface area contributed by atoms with Gasteiger partial charge in [0.15, 0.2) is 5.78 Å². The van der Waals surface area contributed by atoms with Crippen molar-refractivity contribution < 1.29 is 4.79 Å². The summed E-state index contributed by atoms with van der Waals surface area (Å²) < 4.78 is 1.13. The van der Waals surface area contributed by atoms with Crippen LogP contribution in [0.15, 0.2) is 18.2 Å². The largest absolute Gasteiger partial charge is 0.294 e. The molecule has 0 aliphatic heterocycles. The van der Waals surface area contributed by atoms with E-state index in [2.05, 4.69) is 35.6 Å². The Hall–Kier alpha value is -0.380. The molecule has 1 aromatic carbocycles. The van der Waals surface area contributed by atoms with E-state index in [9.17, 15) is 4.79 Å². The van der Waals surface area contributed by atoms with Crippen molar-refractivity contribution in [1.82, 2.24) is 0 Å². The Morgan fingerprint density at radius 2 is 2.00 bits per heavy atom. The zero-order valence-electron chi connectivity index (χ0n) is 10.3. The van der Waals surface area contributed by atoms with Gasteiger partial charge in [0.25, 0.3) is 0 Å². The summed E-state index contributed by atoms with van der Waals surface area (Å²) in [6.07, 6.45) is 7.21. The first-order valence-electron chi connectivity index (χ1n) is 6.47. The predicted molar refractivity (Wildman–Crippen MR) is 79.4 cm³/mol. The summed E-state index contributed by atoms with van der Waals surface area (Å²) in [4.78, 5) is 12.3. The van der Waals surface area contributed by atoms with Crippen LogP contribution >= 0.6 is 22.6 Å². The smallest absolute Gasteiger partial charge is 0.164 e. The van der Waals surface area contributed by atoms with Gasteiger partial charge in [-0.25, -0.2) is 0 Å².